The predicted octanol–water partition coefficient (Wildman–Crippen LogP) is 3.76. The van der Waals surface area contributed by atoms with Gasteiger partial charge in [-0.25, -0.2) is 0 Å². The number of carbonyl (C=O) groups is 1. The van der Waals surface area contributed by atoms with E-state index in [1.54, 1.807) is 25.1 Å². The highest BCUT2D eigenvalue weighted by molar-refractivity contribution is 6.31. The second kappa shape index (κ2) is 7.85. The van der Waals surface area contributed by atoms with Crippen LogP contribution in [0.5, 0.6) is 11.5 Å². The van der Waals surface area contributed by atoms with Crippen molar-refractivity contribution >= 4 is 23.2 Å². The highest BCUT2D eigenvalue weighted by Gasteiger charge is 2.23. The maximum atomic E-state index is 12.5. The van der Waals surface area contributed by atoms with E-state index in [0.29, 0.717) is 17.1 Å². The van der Waals surface area contributed by atoms with Crippen LogP contribution in [0.1, 0.15) is 28.9 Å². The predicted molar refractivity (Wildman–Crippen MR) is 93.5 cm³/mol. The minimum Gasteiger partial charge on any atom is -0.497 e. The van der Waals surface area contributed by atoms with Crippen LogP contribution in [0, 0.1) is 10.1 Å². The van der Waals surface area contributed by atoms with E-state index in [2.05, 4.69) is 5.32 Å². The second-order valence-corrected chi connectivity index (χ2v) is 5.66. The molecule has 25 heavy (non-hydrogen) atoms. The Hall–Kier alpha value is -2.80. The van der Waals surface area contributed by atoms with Gasteiger partial charge in [-0.05, 0) is 37.3 Å². The van der Waals surface area contributed by atoms with Gasteiger partial charge in [-0.15, -0.1) is 0 Å². The molecule has 1 atom stereocenters. The lowest BCUT2D eigenvalue weighted by molar-refractivity contribution is -0.385. The van der Waals surface area contributed by atoms with Gasteiger partial charge < -0.3 is 14.8 Å². The molecule has 2 aromatic carbocycles. The molecule has 0 unspecified atom stereocenters. The third-order valence-corrected chi connectivity index (χ3v) is 3.89. The number of nitro groups is 1. The number of nitrogens with zero attached hydrogens (tertiary/aromatic N) is 1. The first-order valence-electron chi connectivity index (χ1n) is 7.34. The van der Waals surface area contributed by atoms with Crippen molar-refractivity contribution in [1.29, 1.82) is 0 Å². The monoisotopic (exact) mass is 364 g/mol. The van der Waals surface area contributed by atoms with Gasteiger partial charge in [-0.1, -0.05) is 11.6 Å². The number of hydrogen-bond donors (Lipinski definition) is 1. The van der Waals surface area contributed by atoms with Crippen LogP contribution in [-0.2, 0) is 0 Å². The molecule has 0 heterocycles. The molecule has 7 nitrogen and oxygen atoms in total. The van der Waals surface area contributed by atoms with E-state index in [4.69, 9.17) is 21.1 Å². The Balaban J connectivity index is 2.31. The topological polar surface area (TPSA) is 90.7 Å². The van der Waals surface area contributed by atoms with Gasteiger partial charge in [0, 0.05) is 16.7 Å². The molecule has 0 radical (unpaired) electrons. The first-order valence-corrected chi connectivity index (χ1v) is 7.72. The average Bonchev–Trinajstić information content (AvgIpc) is 2.60. The lowest BCUT2D eigenvalue weighted by atomic mass is 10.1. The Morgan fingerprint density at radius 1 is 1.20 bits per heavy atom. The minimum absolute atomic E-state index is 0.0666. The third kappa shape index (κ3) is 4.19. The second-order valence-electron chi connectivity index (χ2n) is 5.22. The van der Waals surface area contributed by atoms with Gasteiger partial charge in [0.1, 0.15) is 17.1 Å². The summed E-state index contributed by atoms with van der Waals surface area (Å²) in [6, 6.07) is 8.63. The molecule has 2 aromatic rings. The molecule has 0 fully saturated rings. The molecular formula is C17H17ClN2O5. The van der Waals surface area contributed by atoms with Gasteiger partial charge in [0.2, 0.25) is 0 Å². The number of carbonyl (C=O) groups excluding carboxylic acids is 1. The maximum Gasteiger partial charge on any atom is 0.283 e. The molecule has 0 spiro atoms. The fraction of sp³-hybridized carbons (Fsp3) is 0.235. The van der Waals surface area contributed by atoms with Crippen molar-refractivity contribution in [3.8, 4) is 11.5 Å². The fourth-order valence-corrected chi connectivity index (χ4v) is 2.54. The fourth-order valence-electron chi connectivity index (χ4n) is 2.38. The van der Waals surface area contributed by atoms with E-state index in [0.717, 1.165) is 6.07 Å². The zero-order valence-electron chi connectivity index (χ0n) is 13.9. The summed E-state index contributed by atoms with van der Waals surface area (Å²) < 4.78 is 10.5. The van der Waals surface area contributed by atoms with Gasteiger partial charge in [0.05, 0.1) is 25.2 Å². The van der Waals surface area contributed by atoms with Crippen molar-refractivity contribution in [2.75, 3.05) is 14.2 Å². The van der Waals surface area contributed by atoms with Gasteiger partial charge in [0.15, 0.2) is 0 Å². The number of methoxy groups -OCH3 is 2. The summed E-state index contributed by atoms with van der Waals surface area (Å²) in [5, 5.41) is 14.1. The smallest absolute Gasteiger partial charge is 0.283 e. The maximum absolute atomic E-state index is 12.5. The molecule has 0 aliphatic heterocycles. The summed E-state index contributed by atoms with van der Waals surface area (Å²) in [5.74, 6) is 0.592. The highest BCUT2D eigenvalue weighted by Crippen LogP contribution is 2.30. The van der Waals surface area contributed by atoms with E-state index < -0.39 is 16.9 Å². The van der Waals surface area contributed by atoms with Crippen molar-refractivity contribution in [2.24, 2.45) is 0 Å². The number of hydrogen-bond acceptors (Lipinski definition) is 5. The molecule has 8 heteroatoms. The quantitative estimate of drug-likeness (QED) is 0.622. The van der Waals surface area contributed by atoms with Crippen molar-refractivity contribution in [1.82, 2.24) is 5.32 Å². The van der Waals surface area contributed by atoms with Crippen LogP contribution in [0.2, 0.25) is 5.02 Å². The first kappa shape index (κ1) is 18.5. The molecule has 1 N–H and O–H groups in total. The zero-order valence-corrected chi connectivity index (χ0v) is 14.7. The molecule has 0 bridgehead atoms. The lowest BCUT2D eigenvalue weighted by Crippen LogP contribution is -2.27. The third-order valence-electron chi connectivity index (χ3n) is 3.65. The van der Waals surface area contributed by atoms with Gasteiger partial charge in [0.25, 0.3) is 11.6 Å². The Bertz CT molecular complexity index is 810. The molecule has 2 rings (SSSR count). The Morgan fingerprint density at radius 3 is 2.52 bits per heavy atom. The summed E-state index contributed by atoms with van der Waals surface area (Å²) in [5.41, 5.74) is 0.268. The number of halogens is 1. The molecule has 0 aliphatic rings. The summed E-state index contributed by atoms with van der Waals surface area (Å²) in [6.45, 7) is 1.75. The number of nitrogens with one attached hydrogen (secondary N) is 1. The molecule has 1 amide bonds. The van der Waals surface area contributed by atoms with Gasteiger partial charge in [-0.2, -0.15) is 0 Å². The van der Waals surface area contributed by atoms with Crippen molar-refractivity contribution in [3.63, 3.8) is 0 Å². The summed E-state index contributed by atoms with van der Waals surface area (Å²) in [7, 11) is 3.05. The van der Waals surface area contributed by atoms with Crippen LogP contribution in [0.25, 0.3) is 0 Å². The van der Waals surface area contributed by atoms with E-state index in [9.17, 15) is 14.9 Å². The molecule has 0 saturated heterocycles. The van der Waals surface area contributed by atoms with Crippen LogP contribution in [0.15, 0.2) is 36.4 Å². The minimum atomic E-state index is -0.641. The SMILES string of the molecule is COc1ccc(OC)c([C@H](C)NC(=O)c2ccc(Cl)cc2[N+](=O)[O-])c1. The number of nitro benzene ring substituents is 1. The van der Waals surface area contributed by atoms with E-state index >= 15 is 0 Å². The Morgan fingerprint density at radius 2 is 1.92 bits per heavy atom. The van der Waals surface area contributed by atoms with Crippen molar-refractivity contribution in [3.05, 3.63) is 62.7 Å². The van der Waals surface area contributed by atoms with E-state index in [-0.39, 0.29) is 16.3 Å². The number of rotatable bonds is 6. The lowest BCUT2D eigenvalue weighted by Gasteiger charge is -2.18. The zero-order chi connectivity index (χ0) is 18.6. The molecule has 0 saturated carbocycles. The molecule has 132 valence electrons. The van der Waals surface area contributed by atoms with Crippen LogP contribution < -0.4 is 14.8 Å². The molecule has 0 aliphatic carbocycles. The standard InChI is InChI=1S/C17H17ClN2O5/c1-10(14-9-12(24-2)5-7-16(14)25-3)19-17(21)13-6-4-11(18)8-15(13)20(22)23/h4-10H,1-3H3,(H,19,21)/t10-/m0/s1. The number of amides is 1. The van der Waals surface area contributed by atoms with Crippen molar-refractivity contribution in [2.45, 2.75) is 13.0 Å². The van der Waals surface area contributed by atoms with Crippen LogP contribution in [0.3, 0.4) is 0 Å². The molecule has 0 aromatic heterocycles. The number of ether oxygens (including phenoxy) is 2. The summed E-state index contributed by atoms with van der Waals surface area (Å²) in [6.07, 6.45) is 0. The van der Waals surface area contributed by atoms with Gasteiger partial charge >= 0.3 is 0 Å². The average molecular weight is 365 g/mol. The van der Waals surface area contributed by atoms with E-state index in [1.807, 2.05) is 0 Å². The largest absolute Gasteiger partial charge is 0.497 e. The number of benzene rings is 2. The van der Waals surface area contributed by atoms with Crippen LogP contribution >= 0.6 is 11.6 Å². The summed E-state index contributed by atoms with van der Waals surface area (Å²) in [4.78, 5) is 23.0. The van der Waals surface area contributed by atoms with Crippen LogP contribution in [-0.4, -0.2) is 25.1 Å². The van der Waals surface area contributed by atoms with Crippen molar-refractivity contribution < 1.29 is 19.2 Å². The highest BCUT2D eigenvalue weighted by atomic mass is 35.5. The normalized spacial score (nSPS) is 11.5. The van der Waals surface area contributed by atoms with E-state index in [1.165, 1.54) is 26.4 Å². The Kier molecular flexibility index (Phi) is 5.82. The van der Waals surface area contributed by atoms with Crippen LogP contribution in [0.4, 0.5) is 5.69 Å². The summed E-state index contributed by atoms with van der Waals surface area (Å²) >= 11 is 5.77. The Labute approximate surface area is 149 Å². The van der Waals surface area contributed by atoms with Gasteiger partial charge in [-0.3, -0.25) is 14.9 Å². The first-order chi connectivity index (χ1) is 11.9. The molecular weight excluding hydrogens is 348 g/mol.